The van der Waals surface area contributed by atoms with Crippen LogP contribution in [0.15, 0.2) is 42.5 Å². The maximum absolute atomic E-state index is 13.0. The summed E-state index contributed by atoms with van der Waals surface area (Å²) in [5.74, 6) is -1.25. The molecule has 0 atom stereocenters. The van der Waals surface area contributed by atoms with Crippen molar-refractivity contribution in [2.45, 2.75) is 13.0 Å². The highest BCUT2D eigenvalue weighted by atomic mass is 19.2. The molecule has 0 saturated heterocycles. The number of anilines is 1. The molecule has 23 heavy (non-hydrogen) atoms. The number of carbonyl (C=O) groups excluding carboxylic acids is 1. The van der Waals surface area contributed by atoms with Crippen LogP contribution >= 0.6 is 0 Å². The average Bonchev–Trinajstić information content (AvgIpc) is 2.56. The number of rotatable bonds is 7. The summed E-state index contributed by atoms with van der Waals surface area (Å²) in [4.78, 5) is 11.8. The van der Waals surface area contributed by atoms with Crippen LogP contribution in [0.25, 0.3) is 0 Å². The molecule has 2 aromatic rings. The topological polar surface area (TPSA) is 50.4 Å². The van der Waals surface area contributed by atoms with Crippen molar-refractivity contribution in [1.29, 1.82) is 0 Å². The summed E-state index contributed by atoms with van der Waals surface area (Å²) in [5, 5.41) is 5.66. The first-order valence-corrected chi connectivity index (χ1v) is 7.17. The molecule has 0 heterocycles. The van der Waals surface area contributed by atoms with Gasteiger partial charge in [0.25, 0.3) is 0 Å². The summed E-state index contributed by atoms with van der Waals surface area (Å²) in [7, 11) is 1.58. The normalized spacial score (nSPS) is 10.2. The predicted octanol–water partition coefficient (Wildman–Crippen LogP) is 3.09. The molecule has 0 bridgehead atoms. The molecule has 0 saturated carbocycles. The van der Waals surface area contributed by atoms with Crippen molar-refractivity contribution in [2.24, 2.45) is 0 Å². The summed E-state index contributed by atoms with van der Waals surface area (Å²) in [6.07, 6.45) is 0.216. The molecule has 2 rings (SSSR count). The first kappa shape index (κ1) is 16.7. The zero-order valence-corrected chi connectivity index (χ0v) is 12.7. The number of para-hydroxylation sites is 1. The quantitative estimate of drug-likeness (QED) is 0.824. The SMILES string of the molecule is COc1ccccc1CNC(=O)CCNc1ccc(F)c(F)c1. The fourth-order valence-electron chi connectivity index (χ4n) is 2.06. The third-order valence-corrected chi connectivity index (χ3v) is 3.27. The zero-order chi connectivity index (χ0) is 16.7. The number of benzene rings is 2. The van der Waals surface area contributed by atoms with Crippen molar-refractivity contribution in [2.75, 3.05) is 19.0 Å². The lowest BCUT2D eigenvalue weighted by Gasteiger charge is -2.10. The predicted molar refractivity (Wildman–Crippen MR) is 84.3 cm³/mol. The maximum Gasteiger partial charge on any atom is 0.222 e. The van der Waals surface area contributed by atoms with Crippen molar-refractivity contribution in [3.8, 4) is 5.75 Å². The third-order valence-electron chi connectivity index (χ3n) is 3.27. The standard InChI is InChI=1S/C17H18F2N2O2/c1-23-16-5-3-2-4-12(16)11-21-17(22)8-9-20-13-6-7-14(18)15(19)10-13/h2-7,10,20H,8-9,11H2,1H3,(H,21,22). The van der Waals surface area contributed by atoms with Gasteiger partial charge < -0.3 is 15.4 Å². The summed E-state index contributed by atoms with van der Waals surface area (Å²) < 4.78 is 31.0. The van der Waals surface area contributed by atoms with Crippen LogP contribution in [-0.4, -0.2) is 19.6 Å². The van der Waals surface area contributed by atoms with Crippen LogP contribution in [0, 0.1) is 11.6 Å². The smallest absolute Gasteiger partial charge is 0.222 e. The fraction of sp³-hybridized carbons (Fsp3) is 0.235. The van der Waals surface area contributed by atoms with Crippen molar-refractivity contribution in [3.05, 3.63) is 59.7 Å². The lowest BCUT2D eigenvalue weighted by Crippen LogP contribution is -2.25. The van der Waals surface area contributed by atoms with Gasteiger partial charge in [-0.05, 0) is 24.3 Å². The molecule has 2 aromatic carbocycles. The Balaban J connectivity index is 1.76. The molecular formula is C17H18F2N2O2. The molecule has 0 fully saturated rings. The molecule has 0 aliphatic rings. The minimum atomic E-state index is -0.921. The highest BCUT2D eigenvalue weighted by Crippen LogP contribution is 2.16. The number of carbonyl (C=O) groups is 1. The molecule has 0 aliphatic carbocycles. The Bertz CT molecular complexity index is 677. The first-order valence-electron chi connectivity index (χ1n) is 7.17. The Hall–Kier alpha value is -2.63. The van der Waals surface area contributed by atoms with Gasteiger partial charge in [-0.2, -0.15) is 0 Å². The highest BCUT2D eigenvalue weighted by Gasteiger charge is 2.06. The minimum Gasteiger partial charge on any atom is -0.496 e. The van der Waals surface area contributed by atoms with Crippen molar-refractivity contribution >= 4 is 11.6 Å². The van der Waals surface area contributed by atoms with Crippen LogP contribution in [0.1, 0.15) is 12.0 Å². The van der Waals surface area contributed by atoms with Crippen molar-refractivity contribution in [3.63, 3.8) is 0 Å². The highest BCUT2D eigenvalue weighted by molar-refractivity contribution is 5.76. The summed E-state index contributed by atoms with van der Waals surface area (Å²) in [5.41, 5.74) is 1.32. The Labute approximate surface area is 133 Å². The Kier molecular flexibility index (Phi) is 5.91. The largest absolute Gasteiger partial charge is 0.496 e. The molecule has 0 aromatic heterocycles. The van der Waals surface area contributed by atoms with E-state index in [1.54, 1.807) is 7.11 Å². The number of methoxy groups -OCH3 is 1. The number of nitrogens with one attached hydrogen (secondary N) is 2. The van der Waals surface area contributed by atoms with Gasteiger partial charge >= 0.3 is 0 Å². The Morgan fingerprint density at radius 1 is 1.13 bits per heavy atom. The van der Waals surface area contributed by atoms with Gasteiger partial charge in [0.15, 0.2) is 11.6 Å². The van der Waals surface area contributed by atoms with Gasteiger partial charge in [-0.25, -0.2) is 8.78 Å². The molecular weight excluding hydrogens is 302 g/mol. The molecule has 0 unspecified atom stereocenters. The van der Waals surface area contributed by atoms with Crippen LogP contribution in [-0.2, 0) is 11.3 Å². The molecule has 0 radical (unpaired) electrons. The van der Waals surface area contributed by atoms with E-state index in [1.807, 2.05) is 24.3 Å². The molecule has 122 valence electrons. The van der Waals surface area contributed by atoms with Gasteiger partial charge in [0.1, 0.15) is 5.75 Å². The van der Waals surface area contributed by atoms with E-state index >= 15 is 0 Å². The van der Waals surface area contributed by atoms with E-state index in [9.17, 15) is 13.6 Å². The number of halogens is 2. The van der Waals surface area contributed by atoms with E-state index in [0.717, 1.165) is 17.7 Å². The van der Waals surface area contributed by atoms with Gasteiger partial charge in [-0.1, -0.05) is 18.2 Å². The number of hydrogen-bond acceptors (Lipinski definition) is 3. The molecule has 1 amide bonds. The Morgan fingerprint density at radius 2 is 1.91 bits per heavy atom. The van der Waals surface area contributed by atoms with E-state index in [4.69, 9.17) is 4.74 Å². The minimum absolute atomic E-state index is 0.147. The molecule has 4 nitrogen and oxygen atoms in total. The van der Waals surface area contributed by atoms with Gasteiger partial charge in [-0.3, -0.25) is 4.79 Å². The van der Waals surface area contributed by atoms with E-state index in [1.165, 1.54) is 6.07 Å². The van der Waals surface area contributed by atoms with Gasteiger partial charge in [0.2, 0.25) is 5.91 Å². The second-order valence-electron chi connectivity index (χ2n) is 4.89. The molecule has 0 spiro atoms. The number of ether oxygens (including phenoxy) is 1. The van der Waals surface area contributed by atoms with Crippen LogP contribution < -0.4 is 15.4 Å². The monoisotopic (exact) mass is 320 g/mol. The molecule has 0 aliphatic heterocycles. The van der Waals surface area contributed by atoms with E-state index in [0.29, 0.717) is 24.5 Å². The van der Waals surface area contributed by atoms with E-state index < -0.39 is 11.6 Å². The van der Waals surface area contributed by atoms with Crippen LogP contribution in [0.5, 0.6) is 5.75 Å². The second kappa shape index (κ2) is 8.12. The number of amides is 1. The summed E-state index contributed by atoms with van der Waals surface area (Å²) in [6, 6.07) is 10.9. The third kappa shape index (κ3) is 4.95. The summed E-state index contributed by atoms with van der Waals surface area (Å²) in [6.45, 7) is 0.691. The first-order chi connectivity index (χ1) is 11.1. The second-order valence-corrected chi connectivity index (χ2v) is 4.89. The lowest BCUT2D eigenvalue weighted by atomic mass is 10.2. The molecule has 6 heteroatoms. The van der Waals surface area contributed by atoms with E-state index in [-0.39, 0.29) is 12.3 Å². The van der Waals surface area contributed by atoms with Gasteiger partial charge in [-0.15, -0.1) is 0 Å². The summed E-state index contributed by atoms with van der Waals surface area (Å²) >= 11 is 0. The number of hydrogen-bond donors (Lipinski definition) is 2. The average molecular weight is 320 g/mol. The lowest BCUT2D eigenvalue weighted by molar-refractivity contribution is -0.121. The van der Waals surface area contributed by atoms with Gasteiger partial charge in [0, 0.05) is 30.8 Å². The van der Waals surface area contributed by atoms with Crippen molar-refractivity contribution in [1.82, 2.24) is 5.32 Å². The van der Waals surface area contributed by atoms with Crippen LogP contribution in [0.2, 0.25) is 0 Å². The van der Waals surface area contributed by atoms with Crippen LogP contribution in [0.3, 0.4) is 0 Å². The molecule has 2 N–H and O–H groups in total. The van der Waals surface area contributed by atoms with Gasteiger partial charge in [0.05, 0.1) is 7.11 Å². The van der Waals surface area contributed by atoms with Crippen LogP contribution in [0.4, 0.5) is 14.5 Å². The van der Waals surface area contributed by atoms with Crippen molar-refractivity contribution < 1.29 is 18.3 Å². The fourth-order valence-corrected chi connectivity index (χ4v) is 2.06. The Morgan fingerprint density at radius 3 is 2.65 bits per heavy atom. The van der Waals surface area contributed by atoms with E-state index in [2.05, 4.69) is 10.6 Å². The maximum atomic E-state index is 13.0. The zero-order valence-electron chi connectivity index (χ0n) is 12.7.